The largest absolute Gasteiger partial charge is 0.353 e. The van der Waals surface area contributed by atoms with Gasteiger partial charge in [-0.1, -0.05) is 20.8 Å². The van der Waals surface area contributed by atoms with Crippen molar-refractivity contribution in [3.63, 3.8) is 0 Å². The number of carbonyl (C=O) groups excluding carboxylic acids is 1. The minimum atomic E-state index is -0.0420. The molecule has 2 unspecified atom stereocenters. The summed E-state index contributed by atoms with van der Waals surface area (Å²) in [4.78, 5) is 11.9. The van der Waals surface area contributed by atoms with Crippen molar-refractivity contribution in [2.45, 2.75) is 65.3 Å². The van der Waals surface area contributed by atoms with E-state index in [1.54, 1.807) is 0 Å². The Labute approximate surface area is 116 Å². The zero-order chi connectivity index (χ0) is 13.6. The lowest BCUT2D eigenvalue weighted by Crippen LogP contribution is -2.39. The number of ketones is 1. The molecule has 3 aliphatic rings. The molecule has 1 aliphatic heterocycles. The molecule has 0 spiro atoms. The van der Waals surface area contributed by atoms with Crippen molar-refractivity contribution >= 4 is 5.78 Å². The molecule has 3 heteroatoms. The van der Waals surface area contributed by atoms with E-state index in [1.165, 1.54) is 6.42 Å². The second-order valence-electron chi connectivity index (χ2n) is 7.34. The topological polar surface area (TPSA) is 35.5 Å². The maximum Gasteiger partial charge on any atom is 0.157 e. The molecule has 5 atom stereocenters. The molecule has 1 heterocycles. The van der Waals surface area contributed by atoms with Crippen LogP contribution in [0.1, 0.15) is 52.9 Å². The van der Waals surface area contributed by atoms with E-state index in [9.17, 15) is 4.79 Å². The average Bonchev–Trinajstić information content (AvgIpc) is 2.76. The summed E-state index contributed by atoms with van der Waals surface area (Å²) in [6.07, 6.45) is 5.37. The first-order valence-corrected chi connectivity index (χ1v) is 7.79. The molecule has 0 N–H and O–H groups in total. The van der Waals surface area contributed by atoms with Gasteiger partial charge in [-0.2, -0.15) is 0 Å². The van der Waals surface area contributed by atoms with E-state index < -0.39 is 0 Å². The van der Waals surface area contributed by atoms with E-state index in [-0.39, 0.29) is 23.7 Å². The minimum absolute atomic E-state index is 0.0420. The fraction of sp³-hybridized carbons (Fsp3) is 0.938. The van der Waals surface area contributed by atoms with Crippen molar-refractivity contribution in [3.05, 3.63) is 0 Å². The predicted octanol–water partition coefficient (Wildman–Crippen LogP) is 3.17. The van der Waals surface area contributed by atoms with Crippen LogP contribution in [0.15, 0.2) is 0 Å². The van der Waals surface area contributed by atoms with Crippen molar-refractivity contribution in [1.82, 2.24) is 0 Å². The Morgan fingerprint density at radius 1 is 1.32 bits per heavy atom. The van der Waals surface area contributed by atoms with Crippen molar-refractivity contribution in [3.8, 4) is 0 Å². The summed E-state index contributed by atoms with van der Waals surface area (Å²) >= 11 is 0. The first-order chi connectivity index (χ1) is 8.99. The molecule has 0 amide bonds. The number of carbonyl (C=O) groups is 1. The molecule has 2 saturated carbocycles. The van der Waals surface area contributed by atoms with Crippen LogP contribution in [0.2, 0.25) is 0 Å². The maximum atomic E-state index is 11.9. The Morgan fingerprint density at radius 3 is 2.79 bits per heavy atom. The fourth-order valence-corrected chi connectivity index (χ4v) is 4.49. The lowest BCUT2D eigenvalue weighted by atomic mass is 9.83. The van der Waals surface area contributed by atoms with Crippen LogP contribution < -0.4 is 0 Å². The quantitative estimate of drug-likeness (QED) is 0.770. The minimum Gasteiger partial charge on any atom is -0.353 e. The normalized spacial score (nSPS) is 45.4. The van der Waals surface area contributed by atoms with Crippen LogP contribution in [-0.4, -0.2) is 24.8 Å². The molecule has 0 aromatic carbocycles. The van der Waals surface area contributed by atoms with Crippen LogP contribution in [0.5, 0.6) is 0 Å². The predicted molar refractivity (Wildman–Crippen MR) is 72.6 cm³/mol. The lowest BCUT2D eigenvalue weighted by molar-refractivity contribution is -0.214. The van der Waals surface area contributed by atoms with Gasteiger partial charge in [0.1, 0.15) is 5.78 Å². The molecule has 3 rings (SSSR count). The summed E-state index contributed by atoms with van der Waals surface area (Å²) in [6.45, 7) is 7.49. The third-order valence-electron chi connectivity index (χ3n) is 5.44. The van der Waals surface area contributed by atoms with E-state index in [4.69, 9.17) is 9.47 Å². The zero-order valence-electron chi connectivity index (χ0n) is 12.4. The molecule has 1 saturated heterocycles. The van der Waals surface area contributed by atoms with Crippen LogP contribution in [0, 0.1) is 23.2 Å². The van der Waals surface area contributed by atoms with Gasteiger partial charge in [0.15, 0.2) is 6.29 Å². The highest BCUT2D eigenvalue weighted by Crippen LogP contribution is 2.55. The van der Waals surface area contributed by atoms with Crippen molar-refractivity contribution < 1.29 is 14.3 Å². The number of hydrogen-bond acceptors (Lipinski definition) is 3. The van der Waals surface area contributed by atoms with Crippen LogP contribution in [-0.2, 0) is 14.3 Å². The Kier molecular flexibility index (Phi) is 3.46. The van der Waals surface area contributed by atoms with Gasteiger partial charge >= 0.3 is 0 Å². The second-order valence-corrected chi connectivity index (χ2v) is 7.34. The van der Waals surface area contributed by atoms with Crippen LogP contribution in [0.3, 0.4) is 0 Å². The summed E-state index contributed by atoms with van der Waals surface area (Å²) < 4.78 is 12.1. The van der Waals surface area contributed by atoms with Gasteiger partial charge in [0.2, 0.25) is 0 Å². The zero-order valence-corrected chi connectivity index (χ0v) is 12.4. The number of hydrogen-bond donors (Lipinski definition) is 0. The number of fused-ring (bicyclic) bond motifs is 1. The first-order valence-electron chi connectivity index (χ1n) is 7.79. The molecule has 3 fully saturated rings. The molecule has 0 aromatic rings. The molecule has 108 valence electrons. The van der Waals surface area contributed by atoms with Gasteiger partial charge in [0.25, 0.3) is 0 Å². The highest BCUT2D eigenvalue weighted by Gasteiger charge is 2.56. The van der Waals surface area contributed by atoms with Gasteiger partial charge in [-0.25, -0.2) is 0 Å². The van der Waals surface area contributed by atoms with Crippen molar-refractivity contribution in [2.75, 3.05) is 6.61 Å². The maximum absolute atomic E-state index is 11.9. The molecule has 0 bridgehead atoms. The van der Waals surface area contributed by atoms with Gasteiger partial charge in [-0.3, -0.25) is 4.79 Å². The van der Waals surface area contributed by atoms with Crippen molar-refractivity contribution in [1.29, 1.82) is 0 Å². The molecule has 0 radical (unpaired) electrons. The summed E-state index contributed by atoms with van der Waals surface area (Å²) in [7, 11) is 0. The summed E-state index contributed by atoms with van der Waals surface area (Å²) in [5, 5.41) is 0. The Morgan fingerprint density at radius 2 is 2.11 bits per heavy atom. The first kappa shape index (κ1) is 13.6. The fourth-order valence-electron chi connectivity index (χ4n) is 4.49. The van der Waals surface area contributed by atoms with Gasteiger partial charge in [-0.05, 0) is 42.9 Å². The number of ether oxygens (including phenoxy) is 2. The van der Waals surface area contributed by atoms with E-state index >= 15 is 0 Å². The molecular weight excluding hydrogens is 240 g/mol. The number of rotatable bonds is 2. The third kappa shape index (κ3) is 2.36. The van der Waals surface area contributed by atoms with Gasteiger partial charge in [0.05, 0.1) is 6.10 Å². The Hall–Kier alpha value is -0.410. The Balaban J connectivity index is 1.74. The second kappa shape index (κ2) is 4.85. The smallest absolute Gasteiger partial charge is 0.157 e. The van der Waals surface area contributed by atoms with Crippen LogP contribution >= 0.6 is 0 Å². The van der Waals surface area contributed by atoms with Crippen LogP contribution in [0.4, 0.5) is 0 Å². The van der Waals surface area contributed by atoms with E-state index in [0.717, 1.165) is 32.3 Å². The van der Waals surface area contributed by atoms with Crippen molar-refractivity contribution in [2.24, 2.45) is 23.2 Å². The average molecular weight is 266 g/mol. The van der Waals surface area contributed by atoms with Gasteiger partial charge in [0, 0.05) is 18.9 Å². The van der Waals surface area contributed by atoms with E-state index in [2.05, 4.69) is 20.8 Å². The number of Topliss-reactive ketones (excluding diaryl/α,β-unsaturated/α-hetero) is 1. The standard InChI is InChI=1S/C16H26O3/c1-10-12(17)8-11-9-16(2,3)15(14(10)11)19-13-6-4-5-7-18-13/h10-11,13-15H,4-9H2,1-3H3/t10?,11-,13?,14-,15-/m0/s1. The highest BCUT2D eigenvalue weighted by molar-refractivity contribution is 5.83. The van der Waals surface area contributed by atoms with Gasteiger partial charge in [-0.15, -0.1) is 0 Å². The SMILES string of the molecule is CC1C(=O)C[C@H]2CC(C)(C)[C@@H](OC3CCCCO3)[C@@H]12. The molecule has 0 aromatic heterocycles. The summed E-state index contributed by atoms with van der Waals surface area (Å²) in [5.41, 5.74) is 0.172. The van der Waals surface area contributed by atoms with Gasteiger partial charge < -0.3 is 9.47 Å². The van der Waals surface area contributed by atoms with E-state index in [1.807, 2.05) is 0 Å². The lowest BCUT2D eigenvalue weighted by Gasteiger charge is -2.36. The monoisotopic (exact) mass is 266 g/mol. The molecule has 3 nitrogen and oxygen atoms in total. The molecule has 2 aliphatic carbocycles. The van der Waals surface area contributed by atoms with E-state index in [0.29, 0.717) is 17.6 Å². The third-order valence-corrected chi connectivity index (χ3v) is 5.44. The molecular formula is C16H26O3. The summed E-state index contributed by atoms with van der Waals surface area (Å²) in [6, 6.07) is 0. The van der Waals surface area contributed by atoms with Crippen LogP contribution in [0.25, 0.3) is 0 Å². The molecule has 19 heavy (non-hydrogen) atoms. The Bertz CT molecular complexity index is 357. The highest BCUT2D eigenvalue weighted by atomic mass is 16.7. The summed E-state index contributed by atoms with van der Waals surface area (Å²) in [5.74, 6) is 1.54.